The molecule has 0 saturated carbocycles. The molecule has 1 aromatic rings. The first-order valence-corrected chi connectivity index (χ1v) is 8.97. The van der Waals surface area contributed by atoms with E-state index in [9.17, 15) is 4.79 Å². The van der Waals surface area contributed by atoms with Crippen LogP contribution in [0.4, 0.5) is 0 Å². The quantitative estimate of drug-likeness (QED) is 0.833. The molecule has 2 saturated heterocycles. The van der Waals surface area contributed by atoms with Crippen molar-refractivity contribution < 1.29 is 14.3 Å². The molecule has 24 heavy (non-hydrogen) atoms. The third-order valence-electron chi connectivity index (χ3n) is 4.96. The van der Waals surface area contributed by atoms with Crippen molar-refractivity contribution >= 4 is 17.5 Å². The fourth-order valence-electron chi connectivity index (χ4n) is 3.55. The second kappa shape index (κ2) is 8.19. The molecule has 0 atom stereocenters. The maximum Gasteiger partial charge on any atom is 0.227 e. The highest BCUT2D eigenvalue weighted by molar-refractivity contribution is 6.30. The first-order valence-electron chi connectivity index (χ1n) is 8.59. The standard InChI is InChI=1S/C18H25ClN2O3/c1-23-17-3-2-15(19)12-14(17)13-18(22)21-8-6-20(7-9-21)16-4-10-24-11-5-16/h2-3,12,16H,4-11,13H2,1H3. The monoisotopic (exact) mass is 352 g/mol. The molecule has 0 aliphatic carbocycles. The summed E-state index contributed by atoms with van der Waals surface area (Å²) in [6, 6.07) is 6.02. The Hall–Kier alpha value is -1.30. The van der Waals surface area contributed by atoms with E-state index >= 15 is 0 Å². The van der Waals surface area contributed by atoms with Gasteiger partial charge >= 0.3 is 0 Å². The number of ether oxygens (including phenoxy) is 2. The van der Waals surface area contributed by atoms with Crippen LogP contribution in [0.1, 0.15) is 18.4 Å². The van der Waals surface area contributed by atoms with Crippen molar-refractivity contribution in [3.63, 3.8) is 0 Å². The van der Waals surface area contributed by atoms with E-state index in [1.165, 1.54) is 0 Å². The van der Waals surface area contributed by atoms with Crippen molar-refractivity contribution in [2.75, 3.05) is 46.5 Å². The molecule has 132 valence electrons. The number of halogens is 1. The van der Waals surface area contributed by atoms with Gasteiger partial charge in [-0.05, 0) is 31.0 Å². The maximum absolute atomic E-state index is 12.6. The van der Waals surface area contributed by atoms with Gasteiger partial charge in [0.2, 0.25) is 5.91 Å². The van der Waals surface area contributed by atoms with Crippen molar-refractivity contribution in [3.05, 3.63) is 28.8 Å². The number of nitrogens with zero attached hydrogens (tertiary/aromatic N) is 2. The lowest BCUT2D eigenvalue weighted by Gasteiger charge is -2.40. The molecule has 5 nitrogen and oxygen atoms in total. The molecule has 1 aromatic carbocycles. The second-order valence-corrected chi connectivity index (χ2v) is 6.83. The fraction of sp³-hybridized carbons (Fsp3) is 0.611. The van der Waals surface area contributed by atoms with Crippen LogP contribution >= 0.6 is 11.6 Å². The largest absolute Gasteiger partial charge is 0.496 e. The zero-order chi connectivity index (χ0) is 16.9. The Bertz CT molecular complexity index is 567. The highest BCUT2D eigenvalue weighted by atomic mass is 35.5. The minimum Gasteiger partial charge on any atom is -0.496 e. The predicted octanol–water partition coefficient (Wildman–Crippen LogP) is 2.21. The van der Waals surface area contributed by atoms with Gasteiger partial charge in [0.15, 0.2) is 0 Å². The predicted molar refractivity (Wildman–Crippen MR) is 93.7 cm³/mol. The zero-order valence-electron chi connectivity index (χ0n) is 14.2. The van der Waals surface area contributed by atoms with Crippen LogP contribution in [0.15, 0.2) is 18.2 Å². The molecule has 6 heteroatoms. The van der Waals surface area contributed by atoms with E-state index in [1.807, 2.05) is 17.0 Å². The Morgan fingerprint density at radius 2 is 1.96 bits per heavy atom. The van der Waals surface area contributed by atoms with E-state index in [0.717, 1.165) is 57.8 Å². The Kier molecular flexibility index (Phi) is 5.98. The number of carbonyl (C=O) groups excluding carboxylic acids is 1. The molecule has 0 N–H and O–H groups in total. The SMILES string of the molecule is COc1ccc(Cl)cc1CC(=O)N1CCN(C2CCOCC2)CC1. The van der Waals surface area contributed by atoms with Gasteiger partial charge in [0.25, 0.3) is 0 Å². The van der Waals surface area contributed by atoms with Crippen molar-refractivity contribution in [1.29, 1.82) is 0 Å². The van der Waals surface area contributed by atoms with Crippen LogP contribution in [0.5, 0.6) is 5.75 Å². The van der Waals surface area contributed by atoms with Gasteiger partial charge in [0, 0.05) is 56.0 Å². The topological polar surface area (TPSA) is 42.0 Å². The lowest BCUT2D eigenvalue weighted by molar-refractivity contribution is -0.132. The van der Waals surface area contributed by atoms with Gasteiger partial charge in [-0.2, -0.15) is 0 Å². The summed E-state index contributed by atoms with van der Waals surface area (Å²) in [5, 5.41) is 0.628. The number of hydrogen-bond acceptors (Lipinski definition) is 4. The first kappa shape index (κ1) is 17.5. The Labute approximate surface area is 148 Å². The van der Waals surface area contributed by atoms with Crippen molar-refractivity contribution in [2.24, 2.45) is 0 Å². The maximum atomic E-state index is 12.6. The highest BCUT2D eigenvalue weighted by Crippen LogP contribution is 2.24. The summed E-state index contributed by atoms with van der Waals surface area (Å²) in [5.74, 6) is 0.857. The van der Waals surface area contributed by atoms with Crippen LogP contribution in [-0.4, -0.2) is 68.3 Å². The molecule has 2 aliphatic rings. The van der Waals surface area contributed by atoms with Crippen LogP contribution < -0.4 is 4.74 Å². The summed E-state index contributed by atoms with van der Waals surface area (Å²) >= 11 is 6.05. The molecule has 0 radical (unpaired) electrons. The van der Waals surface area contributed by atoms with E-state index < -0.39 is 0 Å². The lowest BCUT2D eigenvalue weighted by atomic mass is 10.1. The van der Waals surface area contributed by atoms with Gasteiger partial charge in [-0.15, -0.1) is 0 Å². The van der Waals surface area contributed by atoms with Gasteiger partial charge in [0.05, 0.1) is 13.5 Å². The van der Waals surface area contributed by atoms with Gasteiger partial charge in [0.1, 0.15) is 5.75 Å². The average Bonchev–Trinajstić information content (AvgIpc) is 2.63. The molecular weight excluding hydrogens is 328 g/mol. The Balaban J connectivity index is 1.54. The number of carbonyl (C=O) groups is 1. The molecule has 0 bridgehead atoms. The summed E-state index contributed by atoms with van der Waals surface area (Å²) in [6.07, 6.45) is 2.54. The number of methoxy groups -OCH3 is 1. The van der Waals surface area contributed by atoms with E-state index in [-0.39, 0.29) is 5.91 Å². The van der Waals surface area contributed by atoms with Crippen molar-refractivity contribution in [3.8, 4) is 5.75 Å². The van der Waals surface area contributed by atoms with Crippen molar-refractivity contribution in [2.45, 2.75) is 25.3 Å². The smallest absolute Gasteiger partial charge is 0.227 e. The first-order chi connectivity index (χ1) is 11.7. The molecule has 2 aliphatic heterocycles. The van der Waals surface area contributed by atoms with Gasteiger partial charge < -0.3 is 14.4 Å². The summed E-state index contributed by atoms with van der Waals surface area (Å²) in [5.41, 5.74) is 0.849. The molecule has 1 amide bonds. The van der Waals surface area contributed by atoms with Crippen LogP contribution in [0.3, 0.4) is 0 Å². The normalized spacial score (nSPS) is 20.2. The molecule has 0 spiro atoms. The summed E-state index contributed by atoms with van der Waals surface area (Å²) < 4.78 is 10.8. The number of hydrogen-bond donors (Lipinski definition) is 0. The summed E-state index contributed by atoms with van der Waals surface area (Å²) in [4.78, 5) is 17.1. The minimum atomic E-state index is 0.141. The zero-order valence-corrected chi connectivity index (χ0v) is 14.9. The van der Waals surface area contributed by atoms with Gasteiger partial charge in [-0.3, -0.25) is 9.69 Å². The number of piperazine rings is 1. The number of amides is 1. The average molecular weight is 353 g/mol. The fourth-order valence-corrected chi connectivity index (χ4v) is 3.74. The van der Waals surface area contributed by atoms with Gasteiger partial charge in [-0.1, -0.05) is 11.6 Å². The van der Waals surface area contributed by atoms with Gasteiger partial charge in [-0.25, -0.2) is 0 Å². The summed E-state index contributed by atoms with van der Waals surface area (Å²) in [6.45, 7) is 5.20. The van der Waals surface area contributed by atoms with E-state index in [1.54, 1.807) is 13.2 Å². The molecule has 2 heterocycles. The van der Waals surface area contributed by atoms with Crippen molar-refractivity contribution in [1.82, 2.24) is 9.80 Å². The second-order valence-electron chi connectivity index (χ2n) is 6.39. The Morgan fingerprint density at radius 3 is 2.62 bits per heavy atom. The Morgan fingerprint density at radius 1 is 1.25 bits per heavy atom. The molecule has 2 fully saturated rings. The molecule has 3 rings (SSSR count). The lowest BCUT2D eigenvalue weighted by Crippen LogP contribution is -2.53. The third kappa shape index (κ3) is 4.21. The van der Waals surface area contributed by atoms with Crippen LogP contribution in [0.2, 0.25) is 5.02 Å². The van der Waals surface area contributed by atoms with Crippen LogP contribution in [0.25, 0.3) is 0 Å². The number of benzene rings is 1. The molecule has 0 aromatic heterocycles. The van der Waals surface area contributed by atoms with E-state index in [4.69, 9.17) is 21.1 Å². The van der Waals surface area contributed by atoms with E-state index in [2.05, 4.69) is 4.90 Å². The third-order valence-corrected chi connectivity index (χ3v) is 5.19. The van der Waals surface area contributed by atoms with E-state index in [0.29, 0.717) is 23.2 Å². The molecular formula is C18H25ClN2O3. The highest BCUT2D eigenvalue weighted by Gasteiger charge is 2.27. The number of rotatable bonds is 4. The van der Waals surface area contributed by atoms with Crippen LogP contribution in [0, 0.1) is 0 Å². The molecule has 0 unspecified atom stereocenters. The van der Waals surface area contributed by atoms with Crippen LogP contribution in [-0.2, 0) is 16.0 Å². The minimum absolute atomic E-state index is 0.141. The summed E-state index contributed by atoms with van der Waals surface area (Å²) in [7, 11) is 1.61.